The molecule has 1 aromatic rings. The molecule has 0 saturated heterocycles. The smallest absolute Gasteiger partial charge is 0.115 e. The number of benzene rings is 1. The number of rotatable bonds is 4. The number of hydrogen-bond acceptors (Lipinski definition) is 3. The van der Waals surface area contributed by atoms with Crippen LogP contribution in [0.2, 0.25) is 0 Å². The van der Waals surface area contributed by atoms with Crippen LogP contribution in [-0.4, -0.2) is 41.2 Å². The minimum absolute atomic E-state index is 0.408. The number of hydrogen-bond donors (Lipinski definition) is 2. The minimum Gasteiger partial charge on any atom is -0.508 e. The van der Waals surface area contributed by atoms with Crippen molar-refractivity contribution in [2.45, 2.75) is 43.4 Å². The van der Waals surface area contributed by atoms with E-state index in [-0.39, 0.29) is 0 Å². The van der Waals surface area contributed by atoms with Gasteiger partial charge in [-0.05, 0) is 44.3 Å². The SMILES string of the molecule is [2H]c1cc(C(C([2H])([2H])N(C([2H])([2H])[2H])C([2H])([2H])[2H])C2(O)C([2H])([2H])C([2H])([2H])C([2H])([2H])C([2H])([2H])C2([2H])[2H])cc([2H])c1O. The summed E-state index contributed by atoms with van der Waals surface area (Å²) < 4.78 is 161. The average Bonchev–Trinajstić information content (AvgIpc) is 2.67. The van der Waals surface area contributed by atoms with E-state index in [4.69, 9.17) is 27.4 Å². The summed E-state index contributed by atoms with van der Waals surface area (Å²) in [5, 5.41) is 21.8. The molecule has 2 N–H and O–H groups in total. The van der Waals surface area contributed by atoms with Crippen molar-refractivity contribution in [1.29, 1.82) is 0 Å². The molecule has 1 aromatic carbocycles. The lowest BCUT2D eigenvalue weighted by molar-refractivity contribution is -0.0277. The van der Waals surface area contributed by atoms with E-state index in [1.165, 1.54) is 0 Å². The molecule has 0 bridgehead atoms. The Bertz CT molecular complexity index is 1050. The fourth-order valence-electron chi connectivity index (χ4n) is 1.55. The average molecular weight is 284 g/mol. The zero-order valence-corrected chi connectivity index (χ0v) is 9.57. The summed E-state index contributed by atoms with van der Waals surface area (Å²) >= 11 is 0. The Morgan fingerprint density at radius 3 is 2.63 bits per heavy atom. The molecule has 0 radical (unpaired) electrons. The second kappa shape index (κ2) is 5.93. The molecule has 1 fully saturated rings. The molecule has 1 aliphatic rings. The van der Waals surface area contributed by atoms with Gasteiger partial charge < -0.3 is 15.1 Å². The Morgan fingerprint density at radius 2 is 2.05 bits per heavy atom. The second-order valence-corrected chi connectivity index (χ2v) is 3.71. The summed E-state index contributed by atoms with van der Waals surface area (Å²) in [5.74, 6) is -4.35. The van der Waals surface area contributed by atoms with Gasteiger partial charge in [-0.2, -0.15) is 0 Å². The van der Waals surface area contributed by atoms with Crippen molar-refractivity contribution in [2.24, 2.45) is 0 Å². The summed E-state index contributed by atoms with van der Waals surface area (Å²) in [6, 6.07) is -1.25. The lowest BCUT2D eigenvalue weighted by Crippen LogP contribution is -2.42. The lowest BCUT2D eigenvalue weighted by atomic mass is 9.72. The zero-order valence-electron chi connectivity index (χ0n) is 29.6. The monoisotopic (exact) mass is 283 g/mol. The van der Waals surface area contributed by atoms with Gasteiger partial charge in [-0.3, -0.25) is 0 Å². The molecular formula is C16H25NO2. The zero-order chi connectivity index (χ0) is 31.4. The van der Waals surface area contributed by atoms with Crippen LogP contribution in [0.15, 0.2) is 24.2 Å². The van der Waals surface area contributed by atoms with Crippen LogP contribution in [0.3, 0.4) is 0 Å². The quantitative estimate of drug-likeness (QED) is 0.893. The first-order valence-electron chi connectivity index (χ1n) is 15.1. The Kier molecular flexibility index (Phi) is 1.06. The van der Waals surface area contributed by atoms with Gasteiger partial charge in [0.15, 0.2) is 0 Å². The first-order chi connectivity index (χ1) is 16.8. The molecule has 0 amide bonds. The fourth-order valence-corrected chi connectivity index (χ4v) is 1.55. The molecule has 1 saturated carbocycles. The van der Waals surface area contributed by atoms with E-state index in [1.54, 1.807) is 0 Å². The maximum atomic E-state index is 11.9. The van der Waals surface area contributed by atoms with Gasteiger partial charge >= 0.3 is 0 Å². The van der Waals surface area contributed by atoms with E-state index < -0.39 is 92.1 Å². The highest BCUT2D eigenvalue weighted by atomic mass is 16.3. The molecular weight excluding hydrogens is 238 g/mol. The molecule has 1 unspecified atom stereocenters. The molecule has 1 aliphatic carbocycles. The first-order valence-corrected chi connectivity index (χ1v) is 5.14. The number of aliphatic hydroxyl groups is 1. The molecule has 1 atom stereocenters. The van der Waals surface area contributed by atoms with Gasteiger partial charge in [0, 0.05) is 37.1 Å². The number of phenolic OH excluding ortho intramolecular Hbond substituents is 1. The summed E-state index contributed by atoms with van der Waals surface area (Å²) in [7, 11) is 0. The predicted molar refractivity (Wildman–Crippen MR) is 77.4 cm³/mol. The third-order valence-electron chi connectivity index (χ3n) is 2.39. The lowest BCUT2D eigenvalue weighted by Gasteiger charge is -2.40. The standard InChI is InChI=1S/C16H25NO2/c1-17(2)12-15(13-6-8-14(18)9-7-13)16(19)10-4-3-5-11-16/h6-9,15,18-19H,3-5,10-12H2,1-2H3/i1D3,2D3,3D2,4D2,5D2,8D,9D,10D2,11D2,12D2. The van der Waals surface area contributed by atoms with Gasteiger partial charge in [-0.15, -0.1) is 0 Å². The van der Waals surface area contributed by atoms with E-state index in [9.17, 15) is 10.2 Å². The molecule has 3 nitrogen and oxygen atoms in total. The number of phenols is 1. The van der Waals surface area contributed by atoms with E-state index in [0.717, 1.165) is 0 Å². The third kappa shape index (κ3) is 3.48. The molecule has 0 aliphatic heterocycles. The largest absolute Gasteiger partial charge is 0.508 e. The maximum Gasteiger partial charge on any atom is 0.115 e. The Labute approximate surface area is 144 Å². The first kappa shape index (κ1) is 3.40. The van der Waals surface area contributed by atoms with Gasteiger partial charge in [0.25, 0.3) is 0 Å². The Balaban J connectivity index is 3.27. The number of likely N-dealkylation sites (N-methyl/N-ethyl adjacent to an activating group) is 1. The topological polar surface area (TPSA) is 43.7 Å². The number of nitrogens with zero attached hydrogens (tertiary/aromatic N) is 1. The molecule has 106 valence electrons. The highest BCUT2D eigenvalue weighted by Crippen LogP contribution is 2.40. The van der Waals surface area contributed by atoms with Gasteiger partial charge in [0.1, 0.15) is 5.75 Å². The van der Waals surface area contributed by atoms with E-state index in [0.29, 0.717) is 12.1 Å². The normalized spacial score (nSPS) is 51.3. The van der Waals surface area contributed by atoms with E-state index in [1.807, 2.05) is 0 Å². The maximum absolute atomic E-state index is 11.9. The molecule has 3 heteroatoms. The molecule has 0 spiro atoms. The van der Waals surface area contributed by atoms with E-state index >= 15 is 0 Å². The van der Waals surface area contributed by atoms with Gasteiger partial charge in [-0.25, -0.2) is 0 Å². The van der Waals surface area contributed by atoms with E-state index in [2.05, 4.69) is 0 Å². The Hall–Kier alpha value is -1.06. The van der Waals surface area contributed by atoms with Crippen LogP contribution in [0.25, 0.3) is 0 Å². The summed E-state index contributed by atoms with van der Waals surface area (Å²) in [5.41, 5.74) is -5.58. The van der Waals surface area contributed by atoms with Crippen LogP contribution in [0.4, 0.5) is 0 Å². The molecule has 0 heterocycles. The van der Waals surface area contributed by atoms with Gasteiger partial charge in [0.05, 0.1) is 8.34 Å². The van der Waals surface area contributed by atoms with Gasteiger partial charge in [0.2, 0.25) is 0 Å². The van der Waals surface area contributed by atoms with Crippen LogP contribution in [0.1, 0.15) is 70.8 Å². The van der Waals surface area contributed by atoms with Crippen molar-refractivity contribution in [3.63, 3.8) is 0 Å². The van der Waals surface area contributed by atoms with Crippen LogP contribution in [-0.2, 0) is 0 Å². The van der Waals surface area contributed by atoms with Crippen molar-refractivity contribution < 1.29 is 37.6 Å². The number of aromatic hydroxyl groups is 1. The van der Waals surface area contributed by atoms with Gasteiger partial charge in [-0.1, -0.05) is 31.3 Å². The summed E-state index contributed by atoms with van der Waals surface area (Å²) in [4.78, 5) is -0.837. The van der Waals surface area contributed by atoms with Crippen LogP contribution < -0.4 is 0 Å². The van der Waals surface area contributed by atoms with Crippen molar-refractivity contribution in [3.8, 4) is 5.75 Å². The van der Waals surface area contributed by atoms with Crippen LogP contribution in [0, 0.1) is 0 Å². The predicted octanol–water partition coefficient (Wildman–Crippen LogP) is 2.73. The van der Waals surface area contributed by atoms with Crippen LogP contribution in [0.5, 0.6) is 5.75 Å². The highest BCUT2D eigenvalue weighted by molar-refractivity contribution is 5.30. The third-order valence-corrected chi connectivity index (χ3v) is 2.39. The fraction of sp³-hybridized carbons (Fsp3) is 0.625. The highest BCUT2D eigenvalue weighted by Gasteiger charge is 2.38. The Morgan fingerprint density at radius 1 is 1.42 bits per heavy atom. The minimum atomic E-state index is -4.49. The molecule has 0 aromatic heterocycles. The van der Waals surface area contributed by atoms with Crippen molar-refractivity contribution >= 4 is 0 Å². The van der Waals surface area contributed by atoms with Crippen molar-refractivity contribution in [3.05, 3.63) is 29.8 Å². The van der Waals surface area contributed by atoms with Crippen molar-refractivity contribution in [2.75, 3.05) is 20.4 Å². The van der Waals surface area contributed by atoms with Crippen molar-refractivity contribution in [1.82, 2.24) is 4.90 Å². The molecule has 19 heavy (non-hydrogen) atoms. The molecule has 2 rings (SSSR count). The summed E-state index contributed by atoms with van der Waals surface area (Å²) in [6.45, 7) is -12.1. The second-order valence-electron chi connectivity index (χ2n) is 3.71. The van der Waals surface area contributed by atoms with Crippen LogP contribution >= 0.6 is 0 Å². The summed E-state index contributed by atoms with van der Waals surface area (Å²) in [6.07, 6.45) is -21.2.